The summed E-state index contributed by atoms with van der Waals surface area (Å²) in [5.41, 5.74) is 12.4. The van der Waals surface area contributed by atoms with Crippen molar-refractivity contribution in [2.24, 2.45) is 11.5 Å². The molecule has 2 fully saturated rings. The maximum absolute atomic E-state index is 6.34. The van der Waals surface area contributed by atoms with E-state index in [-0.39, 0.29) is 11.2 Å². The zero-order chi connectivity index (χ0) is 8.82. The van der Waals surface area contributed by atoms with Gasteiger partial charge in [-0.05, 0) is 26.3 Å². The third kappa shape index (κ3) is 0.873. The molecular formula is C9H19N3. The lowest BCUT2D eigenvalue weighted by Crippen LogP contribution is -2.69. The minimum atomic E-state index is -0.203. The van der Waals surface area contributed by atoms with Crippen LogP contribution in [0.4, 0.5) is 0 Å². The lowest BCUT2D eigenvalue weighted by Gasteiger charge is -2.47. The van der Waals surface area contributed by atoms with Crippen LogP contribution in [0.15, 0.2) is 0 Å². The van der Waals surface area contributed by atoms with Gasteiger partial charge in [0.05, 0.1) is 5.66 Å². The molecule has 0 aromatic carbocycles. The molecule has 0 aromatic heterocycles. The highest BCUT2D eigenvalue weighted by Crippen LogP contribution is 2.42. The Morgan fingerprint density at radius 3 is 2.42 bits per heavy atom. The number of fused-ring (bicyclic) bond motifs is 1. The fraction of sp³-hybridized carbons (Fsp3) is 1.00. The van der Waals surface area contributed by atoms with Crippen LogP contribution in [0.5, 0.6) is 0 Å². The molecule has 70 valence electrons. The van der Waals surface area contributed by atoms with Crippen molar-refractivity contribution in [3.63, 3.8) is 0 Å². The fourth-order valence-corrected chi connectivity index (χ4v) is 2.78. The molecule has 1 aliphatic carbocycles. The van der Waals surface area contributed by atoms with Gasteiger partial charge in [0.25, 0.3) is 0 Å². The standard InChI is InChI=1S/C9H19N3/c1-12-7-6-8(10)4-2-3-5-9(8,12)11/h2-7,10-11H2,1H3. The van der Waals surface area contributed by atoms with Gasteiger partial charge in [0.2, 0.25) is 0 Å². The van der Waals surface area contributed by atoms with Crippen LogP contribution in [-0.4, -0.2) is 29.7 Å². The number of nitrogens with zero attached hydrogens (tertiary/aromatic N) is 1. The van der Waals surface area contributed by atoms with Crippen LogP contribution in [0, 0.1) is 0 Å². The second kappa shape index (κ2) is 2.44. The lowest BCUT2D eigenvalue weighted by atomic mass is 9.74. The molecular weight excluding hydrogens is 150 g/mol. The van der Waals surface area contributed by atoms with Crippen molar-refractivity contribution in [2.75, 3.05) is 13.6 Å². The molecule has 2 unspecified atom stereocenters. The van der Waals surface area contributed by atoms with E-state index >= 15 is 0 Å². The molecule has 2 rings (SSSR count). The molecule has 3 nitrogen and oxygen atoms in total. The maximum atomic E-state index is 6.34. The van der Waals surface area contributed by atoms with Crippen molar-refractivity contribution in [3.8, 4) is 0 Å². The Kier molecular flexibility index (Phi) is 1.72. The summed E-state index contributed by atoms with van der Waals surface area (Å²) < 4.78 is 0. The molecule has 3 heteroatoms. The summed E-state index contributed by atoms with van der Waals surface area (Å²) in [6, 6.07) is 0. The summed E-state index contributed by atoms with van der Waals surface area (Å²) in [4.78, 5) is 2.24. The van der Waals surface area contributed by atoms with Crippen molar-refractivity contribution in [3.05, 3.63) is 0 Å². The van der Waals surface area contributed by atoms with Crippen molar-refractivity contribution < 1.29 is 0 Å². The second-order valence-electron chi connectivity index (χ2n) is 4.46. The van der Waals surface area contributed by atoms with Crippen molar-refractivity contribution in [1.82, 2.24) is 4.90 Å². The molecule has 0 radical (unpaired) electrons. The highest BCUT2D eigenvalue weighted by Gasteiger charge is 2.54. The van der Waals surface area contributed by atoms with Crippen LogP contribution in [0.2, 0.25) is 0 Å². The molecule has 1 heterocycles. The van der Waals surface area contributed by atoms with Crippen molar-refractivity contribution in [1.29, 1.82) is 0 Å². The predicted octanol–water partition coefficient (Wildman–Crippen LogP) is 0.248. The molecule has 12 heavy (non-hydrogen) atoms. The Morgan fingerprint density at radius 1 is 1.08 bits per heavy atom. The largest absolute Gasteiger partial charge is 0.322 e. The van der Waals surface area contributed by atoms with Gasteiger partial charge in [0.1, 0.15) is 0 Å². The molecule has 0 aromatic rings. The molecule has 1 saturated heterocycles. The summed E-state index contributed by atoms with van der Waals surface area (Å²) in [5, 5.41) is 0. The second-order valence-corrected chi connectivity index (χ2v) is 4.46. The van der Waals surface area contributed by atoms with Gasteiger partial charge in [-0.15, -0.1) is 0 Å². The summed E-state index contributed by atoms with van der Waals surface area (Å²) in [7, 11) is 2.10. The topological polar surface area (TPSA) is 55.3 Å². The first kappa shape index (κ1) is 8.48. The Hall–Kier alpha value is -0.120. The van der Waals surface area contributed by atoms with Gasteiger partial charge in [-0.1, -0.05) is 12.8 Å². The first-order valence-electron chi connectivity index (χ1n) is 4.88. The van der Waals surface area contributed by atoms with Gasteiger partial charge in [-0.2, -0.15) is 0 Å². The third-order valence-corrected chi connectivity index (χ3v) is 3.87. The van der Waals surface area contributed by atoms with Crippen LogP contribution in [0.1, 0.15) is 32.1 Å². The van der Waals surface area contributed by atoms with E-state index in [1.807, 2.05) is 0 Å². The van der Waals surface area contributed by atoms with E-state index in [1.54, 1.807) is 0 Å². The number of likely N-dealkylation sites (N-methyl/N-ethyl adjacent to an activating group) is 1. The van der Waals surface area contributed by atoms with Crippen molar-refractivity contribution in [2.45, 2.75) is 43.3 Å². The van der Waals surface area contributed by atoms with E-state index in [0.717, 1.165) is 25.8 Å². The van der Waals surface area contributed by atoms with E-state index < -0.39 is 0 Å². The maximum Gasteiger partial charge on any atom is 0.0870 e. The number of hydrogen-bond donors (Lipinski definition) is 2. The SMILES string of the molecule is CN1CCC2(N)CCCCC12N. The first-order chi connectivity index (χ1) is 5.58. The number of likely N-dealkylation sites (tertiary alicyclic amines) is 1. The average molecular weight is 169 g/mol. The molecule has 2 aliphatic rings. The van der Waals surface area contributed by atoms with E-state index in [2.05, 4.69) is 11.9 Å². The summed E-state index contributed by atoms with van der Waals surface area (Å²) in [5.74, 6) is 0. The summed E-state index contributed by atoms with van der Waals surface area (Å²) in [6.07, 6.45) is 5.73. The smallest absolute Gasteiger partial charge is 0.0870 e. The summed E-state index contributed by atoms with van der Waals surface area (Å²) >= 11 is 0. The number of rotatable bonds is 0. The molecule has 1 saturated carbocycles. The molecule has 0 amide bonds. The van der Waals surface area contributed by atoms with E-state index in [9.17, 15) is 0 Å². The van der Waals surface area contributed by atoms with E-state index in [0.29, 0.717) is 0 Å². The van der Waals surface area contributed by atoms with Crippen LogP contribution in [0.25, 0.3) is 0 Å². The average Bonchev–Trinajstić information content (AvgIpc) is 2.28. The first-order valence-corrected chi connectivity index (χ1v) is 4.88. The Morgan fingerprint density at radius 2 is 1.75 bits per heavy atom. The van der Waals surface area contributed by atoms with Gasteiger partial charge in [0, 0.05) is 12.1 Å². The monoisotopic (exact) mass is 169 g/mol. The van der Waals surface area contributed by atoms with E-state index in [1.165, 1.54) is 12.8 Å². The normalized spacial score (nSPS) is 49.2. The predicted molar refractivity (Wildman–Crippen MR) is 49.6 cm³/mol. The Labute approximate surface area is 74.1 Å². The van der Waals surface area contributed by atoms with Crippen LogP contribution < -0.4 is 11.5 Å². The Bertz CT molecular complexity index is 190. The van der Waals surface area contributed by atoms with Crippen LogP contribution >= 0.6 is 0 Å². The highest BCUT2D eigenvalue weighted by molar-refractivity contribution is 5.12. The van der Waals surface area contributed by atoms with Crippen LogP contribution in [0.3, 0.4) is 0 Å². The lowest BCUT2D eigenvalue weighted by molar-refractivity contribution is 0.0696. The van der Waals surface area contributed by atoms with Gasteiger partial charge in [-0.3, -0.25) is 4.90 Å². The van der Waals surface area contributed by atoms with Crippen LogP contribution in [-0.2, 0) is 0 Å². The van der Waals surface area contributed by atoms with Gasteiger partial charge < -0.3 is 11.5 Å². The van der Waals surface area contributed by atoms with Crippen molar-refractivity contribution >= 4 is 0 Å². The molecule has 1 aliphatic heterocycles. The highest BCUT2D eigenvalue weighted by atomic mass is 15.3. The van der Waals surface area contributed by atoms with Gasteiger partial charge >= 0.3 is 0 Å². The minimum absolute atomic E-state index is 0.0972. The number of nitrogens with two attached hydrogens (primary N) is 2. The zero-order valence-corrected chi connectivity index (χ0v) is 7.84. The zero-order valence-electron chi connectivity index (χ0n) is 7.84. The van der Waals surface area contributed by atoms with E-state index in [4.69, 9.17) is 11.5 Å². The van der Waals surface area contributed by atoms with Gasteiger partial charge in [0.15, 0.2) is 0 Å². The minimum Gasteiger partial charge on any atom is -0.322 e. The third-order valence-electron chi connectivity index (χ3n) is 3.87. The quantitative estimate of drug-likeness (QED) is 0.546. The molecule has 0 spiro atoms. The fourth-order valence-electron chi connectivity index (χ4n) is 2.78. The molecule has 0 bridgehead atoms. The molecule has 4 N–H and O–H groups in total. The molecule has 2 atom stereocenters. The Balaban J connectivity index is 2.29. The van der Waals surface area contributed by atoms with Gasteiger partial charge in [-0.25, -0.2) is 0 Å². The summed E-state index contributed by atoms with van der Waals surface area (Å²) in [6.45, 7) is 1.06. The number of hydrogen-bond acceptors (Lipinski definition) is 3.